The first-order valence-corrected chi connectivity index (χ1v) is 8.02. The smallest absolute Gasteiger partial charge is 0.262 e. The lowest BCUT2D eigenvalue weighted by Crippen LogP contribution is -2.24. The fraction of sp³-hybridized carbons (Fsp3) is 0. The Bertz CT molecular complexity index is 1230. The molecular weight excluding hydrogens is 344 g/mol. The molecule has 0 spiro atoms. The number of fused-ring (bicyclic) bond motifs is 1. The largest absolute Gasteiger partial charge is 0.384 e. The Morgan fingerprint density at radius 3 is 2.37 bits per heavy atom. The summed E-state index contributed by atoms with van der Waals surface area (Å²) in [5.41, 5.74) is 8.07. The number of nitrogen functional groups attached to an aromatic ring is 1. The van der Waals surface area contributed by atoms with Gasteiger partial charge in [-0.05, 0) is 35.4 Å². The van der Waals surface area contributed by atoms with Crippen molar-refractivity contribution in [3.05, 3.63) is 81.6 Å². The number of nitrogens with one attached hydrogen (secondary N) is 1. The summed E-state index contributed by atoms with van der Waals surface area (Å²) >= 11 is 0. The first kappa shape index (κ1) is 16.3. The number of carbonyl (C=O) groups excluding carboxylic acids is 2. The minimum atomic E-state index is -0.631. The third-order valence-electron chi connectivity index (χ3n) is 4.38. The van der Waals surface area contributed by atoms with Gasteiger partial charge in [0.1, 0.15) is 5.82 Å². The van der Waals surface area contributed by atoms with Gasteiger partial charge < -0.3 is 5.73 Å². The number of hydrogen-bond donors (Lipinski definition) is 2. The Labute approximate surface area is 153 Å². The molecule has 0 aliphatic carbocycles. The Kier molecular flexibility index (Phi) is 3.60. The van der Waals surface area contributed by atoms with Crippen LogP contribution in [0.25, 0.3) is 16.8 Å². The number of benzene rings is 2. The van der Waals surface area contributed by atoms with Gasteiger partial charge in [-0.2, -0.15) is 5.26 Å². The highest BCUT2D eigenvalue weighted by Crippen LogP contribution is 2.26. The molecule has 1 aromatic heterocycles. The van der Waals surface area contributed by atoms with Crippen LogP contribution < -0.4 is 16.6 Å². The molecule has 7 nitrogen and oxygen atoms in total. The van der Waals surface area contributed by atoms with Crippen LogP contribution in [0, 0.1) is 11.3 Å². The molecule has 0 unspecified atom stereocenters. The molecule has 0 radical (unpaired) electrons. The number of nitrogens with zero attached hydrogens (tertiary/aromatic N) is 2. The van der Waals surface area contributed by atoms with Gasteiger partial charge in [-0.15, -0.1) is 0 Å². The predicted molar refractivity (Wildman–Crippen MR) is 98.4 cm³/mol. The van der Waals surface area contributed by atoms with Crippen molar-refractivity contribution in [1.82, 2.24) is 9.88 Å². The molecule has 4 rings (SSSR count). The zero-order valence-corrected chi connectivity index (χ0v) is 13.9. The highest BCUT2D eigenvalue weighted by Gasteiger charge is 2.31. The quantitative estimate of drug-likeness (QED) is 0.679. The Morgan fingerprint density at radius 1 is 0.926 bits per heavy atom. The van der Waals surface area contributed by atoms with Gasteiger partial charge in [-0.1, -0.05) is 24.3 Å². The average molecular weight is 356 g/mol. The Hall–Kier alpha value is -4.18. The van der Waals surface area contributed by atoms with Gasteiger partial charge in [-0.3, -0.25) is 24.3 Å². The fourth-order valence-corrected chi connectivity index (χ4v) is 3.14. The third-order valence-corrected chi connectivity index (χ3v) is 4.38. The van der Waals surface area contributed by atoms with E-state index in [4.69, 9.17) is 11.0 Å². The maximum atomic E-state index is 12.5. The molecule has 2 amide bonds. The summed E-state index contributed by atoms with van der Waals surface area (Å²) in [4.78, 5) is 36.3. The van der Waals surface area contributed by atoms with Crippen molar-refractivity contribution in [3.63, 3.8) is 0 Å². The first-order valence-electron chi connectivity index (χ1n) is 8.02. The summed E-state index contributed by atoms with van der Waals surface area (Å²) < 4.78 is 1.19. The van der Waals surface area contributed by atoms with Crippen LogP contribution in [0.5, 0.6) is 0 Å². The molecule has 0 bridgehead atoms. The molecule has 3 N–H and O–H groups in total. The van der Waals surface area contributed by atoms with E-state index in [-0.39, 0.29) is 16.9 Å². The van der Waals surface area contributed by atoms with E-state index < -0.39 is 17.4 Å². The van der Waals surface area contributed by atoms with Crippen molar-refractivity contribution in [3.8, 4) is 22.9 Å². The van der Waals surface area contributed by atoms with E-state index in [2.05, 4.69) is 11.4 Å². The van der Waals surface area contributed by atoms with Crippen LogP contribution in [-0.2, 0) is 0 Å². The number of amides is 2. The van der Waals surface area contributed by atoms with Crippen molar-refractivity contribution < 1.29 is 9.59 Å². The molecule has 7 heteroatoms. The molecule has 2 aromatic carbocycles. The fourth-order valence-electron chi connectivity index (χ4n) is 3.14. The zero-order chi connectivity index (χ0) is 19.1. The number of hydrogen-bond acceptors (Lipinski definition) is 5. The predicted octanol–water partition coefficient (Wildman–Crippen LogP) is 1.84. The van der Waals surface area contributed by atoms with E-state index in [1.54, 1.807) is 36.4 Å². The summed E-state index contributed by atoms with van der Waals surface area (Å²) in [7, 11) is 0. The maximum Gasteiger partial charge on any atom is 0.262 e. The van der Waals surface area contributed by atoms with Crippen LogP contribution in [-0.4, -0.2) is 16.4 Å². The highest BCUT2D eigenvalue weighted by atomic mass is 16.2. The van der Waals surface area contributed by atoms with Crippen LogP contribution in [0.3, 0.4) is 0 Å². The molecule has 0 atom stereocenters. The second-order valence-electron chi connectivity index (χ2n) is 6.02. The van der Waals surface area contributed by atoms with Crippen LogP contribution >= 0.6 is 0 Å². The van der Waals surface area contributed by atoms with Crippen molar-refractivity contribution in [2.45, 2.75) is 0 Å². The first-order chi connectivity index (χ1) is 13.0. The number of aromatic nitrogens is 1. The average Bonchev–Trinajstić information content (AvgIpc) is 2.95. The number of carbonyl (C=O) groups is 2. The summed E-state index contributed by atoms with van der Waals surface area (Å²) in [6, 6.07) is 17.2. The summed E-state index contributed by atoms with van der Waals surface area (Å²) in [6.07, 6.45) is 0. The SMILES string of the molecule is N#Cc1cccc(-c2cccc(-n3c(N)c4c(cc3=O)C(=O)NC4=O)c2)c1. The van der Waals surface area contributed by atoms with Gasteiger partial charge >= 0.3 is 0 Å². The van der Waals surface area contributed by atoms with Crippen LogP contribution in [0.1, 0.15) is 26.3 Å². The monoisotopic (exact) mass is 356 g/mol. The number of anilines is 1. The van der Waals surface area contributed by atoms with Crippen LogP contribution in [0.15, 0.2) is 59.4 Å². The van der Waals surface area contributed by atoms with E-state index in [9.17, 15) is 14.4 Å². The molecule has 0 fully saturated rings. The molecule has 27 heavy (non-hydrogen) atoms. The lowest BCUT2D eigenvalue weighted by Gasteiger charge is -2.13. The number of nitrogens with two attached hydrogens (primary N) is 1. The lowest BCUT2D eigenvalue weighted by molar-refractivity contribution is 0.0880. The van der Waals surface area contributed by atoms with Gasteiger partial charge in [0, 0.05) is 6.07 Å². The maximum absolute atomic E-state index is 12.5. The van der Waals surface area contributed by atoms with Crippen molar-refractivity contribution in [2.24, 2.45) is 0 Å². The van der Waals surface area contributed by atoms with E-state index >= 15 is 0 Å². The van der Waals surface area contributed by atoms with Crippen LogP contribution in [0.4, 0.5) is 5.82 Å². The normalized spacial score (nSPS) is 12.4. The highest BCUT2D eigenvalue weighted by molar-refractivity contribution is 6.23. The number of pyridine rings is 1. The number of nitriles is 1. The molecule has 130 valence electrons. The minimum Gasteiger partial charge on any atom is -0.384 e. The van der Waals surface area contributed by atoms with Crippen molar-refractivity contribution in [2.75, 3.05) is 5.73 Å². The van der Waals surface area contributed by atoms with E-state index in [0.29, 0.717) is 11.3 Å². The van der Waals surface area contributed by atoms with Gasteiger partial charge in [0.15, 0.2) is 0 Å². The second kappa shape index (κ2) is 5.97. The number of imide groups is 1. The standard InChI is InChI=1S/C20H12N4O3/c21-10-11-3-1-4-12(7-11)13-5-2-6-14(8-13)24-16(25)9-15-17(18(24)22)20(27)23-19(15)26/h1-9H,22H2,(H,23,26,27). The van der Waals surface area contributed by atoms with Gasteiger partial charge in [0.05, 0.1) is 28.4 Å². The van der Waals surface area contributed by atoms with Crippen molar-refractivity contribution >= 4 is 17.6 Å². The zero-order valence-electron chi connectivity index (χ0n) is 13.9. The minimum absolute atomic E-state index is 0.00326. The molecule has 1 aliphatic heterocycles. The summed E-state index contributed by atoms with van der Waals surface area (Å²) in [6.45, 7) is 0. The number of rotatable bonds is 2. The van der Waals surface area contributed by atoms with E-state index in [0.717, 1.165) is 17.2 Å². The molecular formula is C20H12N4O3. The molecule has 2 heterocycles. The summed E-state index contributed by atoms with van der Waals surface area (Å²) in [5.74, 6) is -1.35. The van der Waals surface area contributed by atoms with Gasteiger partial charge in [-0.25, -0.2) is 0 Å². The Balaban J connectivity index is 1.90. The molecule has 3 aromatic rings. The topological polar surface area (TPSA) is 118 Å². The van der Waals surface area contributed by atoms with E-state index in [1.165, 1.54) is 4.57 Å². The third kappa shape index (κ3) is 2.56. The lowest BCUT2D eigenvalue weighted by atomic mass is 10.0. The molecule has 0 saturated carbocycles. The summed E-state index contributed by atoms with van der Waals surface area (Å²) in [5, 5.41) is 11.2. The molecule has 0 saturated heterocycles. The van der Waals surface area contributed by atoms with E-state index in [1.807, 2.05) is 12.1 Å². The molecule has 1 aliphatic rings. The Morgan fingerprint density at radius 2 is 1.63 bits per heavy atom. The second-order valence-corrected chi connectivity index (χ2v) is 6.02. The van der Waals surface area contributed by atoms with Gasteiger partial charge in [0.25, 0.3) is 17.4 Å². The van der Waals surface area contributed by atoms with Gasteiger partial charge in [0.2, 0.25) is 0 Å². The van der Waals surface area contributed by atoms with Crippen molar-refractivity contribution in [1.29, 1.82) is 5.26 Å². The van der Waals surface area contributed by atoms with Crippen LogP contribution in [0.2, 0.25) is 0 Å².